The lowest BCUT2D eigenvalue weighted by molar-refractivity contribution is -0.137. The summed E-state index contributed by atoms with van der Waals surface area (Å²) in [5.74, 6) is 1.03. The molecule has 3 saturated heterocycles. The normalized spacial score (nSPS) is 28.6. The zero-order chi connectivity index (χ0) is 20.2. The molecule has 5 heteroatoms. The monoisotopic (exact) mass is 399 g/mol. The molecule has 3 aliphatic rings. The number of rotatable bonds is 5. The van der Waals surface area contributed by atoms with Gasteiger partial charge in [0.1, 0.15) is 6.04 Å². The maximum Gasteiger partial charge on any atom is 0.244 e. The summed E-state index contributed by atoms with van der Waals surface area (Å²) in [6.45, 7) is 11.5. The first kappa shape index (κ1) is 20.8. The maximum absolute atomic E-state index is 13.4. The molecule has 1 aromatic rings. The predicted octanol–water partition coefficient (Wildman–Crippen LogP) is 3.17. The molecule has 1 aromatic carbocycles. The van der Waals surface area contributed by atoms with Crippen LogP contribution in [-0.4, -0.2) is 78.6 Å². The minimum Gasteiger partial charge on any atom is -0.373 e. The van der Waals surface area contributed by atoms with Crippen LogP contribution in [0.1, 0.15) is 51.1 Å². The number of piperidine rings is 1. The Bertz CT molecular complexity index is 643. The molecule has 3 unspecified atom stereocenters. The zero-order valence-corrected chi connectivity index (χ0v) is 18.1. The Balaban J connectivity index is 1.38. The van der Waals surface area contributed by atoms with Gasteiger partial charge in [0.2, 0.25) is 5.91 Å². The van der Waals surface area contributed by atoms with Gasteiger partial charge in [-0.05, 0) is 64.1 Å². The molecule has 0 aliphatic carbocycles. The highest BCUT2D eigenvalue weighted by atomic mass is 16.5. The SMILES string of the molecule is CC1CN(CC2CCN(C(C(=O)N3CCCC3)c3ccccc3)CC2)CC(C)O1. The molecular formula is C24H37N3O2. The number of hydrogen-bond acceptors (Lipinski definition) is 4. The number of hydrogen-bond donors (Lipinski definition) is 0. The van der Waals surface area contributed by atoms with Crippen molar-refractivity contribution in [2.75, 3.05) is 45.8 Å². The molecule has 3 fully saturated rings. The summed E-state index contributed by atoms with van der Waals surface area (Å²) in [6.07, 6.45) is 5.31. The molecule has 0 aromatic heterocycles. The summed E-state index contributed by atoms with van der Waals surface area (Å²) in [7, 11) is 0. The van der Waals surface area contributed by atoms with E-state index in [0.717, 1.165) is 63.6 Å². The number of carbonyl (C=O) groups excluding carboxylic acids is 1. The molecule has 3 atom stereocenters. The number of benzene rings is 1. The van der Waals surface area contributed by atoms with Crippen molar-refractivity contribution >= 4 is 5.91 Å². The lowest BCUT2D eigenvalue weighted by Crippen LogP contribution is -2.49. The summed E-state index contributed by atoms with van der Waals surface area (Å²) < 4.78 is 5.89. The highest BCUT2D eigenvalue weighted by molar-refractivity contribution is 5.83. The molecule has 0 radical (unpaired) electrons. The fourth-order valence-electron chi connectivity index (χ4n) is 5.45. The molecule has 0 saturated carbocycles. The van der Waals surface area contributed by atoms with E-state index in [1.54, 1.807) is 0 Å². The van der Waals surface area contributed by atoms with Gasteiger partial charge in [-0.1, -0.05) is 30.3 Å². The van der Waals surface area contributed by atoms with Crippen LogP contribution in [0.4, 0.5) is 0 Å². The smallest absolute Gasteiger partial charge is 0.244 e. The Morgan fingerprint density at radius 2 is 1.62 bits per heavy atom. The van der Waals surface area contributed by atoms with Gasteiger partial charge in [-0.15, -0.1) is 0 Å². The van der Waals surface area contributed by atoms with Crippen molar-refractivity contribution in [1.82, 2.24) is 14.7 Å². The van der Waals surface area contributed by atoms with E-state index >= 15 is 0 Å². The zero-order valence-electron chi connectivity index (χ0n) is 18.1. The van der Waals surface area contributed by atoms with E-state index in [2.05, 4.69) is 52.8 Å². The van der Waals surface area contributed by atoms with Crippen molar-refractivity contribution in [1.29, 1.82) is 0 Å². The van der Waals surface area contributed by atoms with Crippen LogP contribution >= 0.6 is 0 Å². The summed E-state index contributed by atoms with van der Waals surface area (Å²) in [4.78, 5) is 20.5. The molecule has 1 amide bonds. The van der Waals surface area contributed by atoms with Crippen molar-refractivity contribution in [3.63, 3.8) is 0 Å². The lowest BCUT2D eigenvalue weighted by atomic mass is 9.93. The van der Waals surface area contributed by atoms with E-state index in [9.17, 15) is 4.79 Å². The second-order valence-electron chi connectivity index (χ2n) is 9.30. The van der Waals surface area contributed by atoms with Crippen molar-refractivity contribution in [3.8, 4) is 0 Å². The van der Waals surface area contributed by atoms with Crippen LogP contribution in [0.3, 0.4) is 0 Å². The molecule has 3 heterocycles. The number of likely N-dealkylation sites (tertiary alicyclic amines) is 2. The predicted molar refractivity (Wildman–Crippen MR) is 116 cm³/mol. The van der Waals surface area contributed by atoms with Crippen LogP contribution < -0.4 is 0 Å². The molecule has 160 valence electrons. The fourth-order valence-corrected chi connectivity index (χ4v) is 5.45. The quantitative estimate of drug-likeness (QED) is 0.762. The molecule has 4 rings (SSSR count). The molecule has 29 heavy (non-hydrogen) atoms. The first-order valence-corrected chi connectivity index (χ1v) is 11.6. The molecule has 0 bridgehead atoms. The van der Waals surface area contributed by atoms with Crippen LogP contribution in [0, 0.1) is 5.92 Å². The van der Waals surface area contributed by atoms with Crippen molar-refractivity contribution in [3.05, 3.63) is 35.9 Å². The van der Waals surface area contributed by atoms with Crippen LogP contribution in [-0.2, 0) is 9.53 Å². The van der Waals surface area contributed by atoms with E-state index in [0.29, 0.717) is 18.1 Å². The minimum absolute atomic E-state index is 0.112. The number of morpholine rings is 1. The summed E-state index contributed by atoms with van der Waals surface area (Å²) in [6, 6.07) is 10.3. The van der Waals surface area contributed by atoms with Gasteiger partial charge >= 0.3 is 0 Å². The first-order chi connectivity index (χ1) is 14.1. The standard InChI is InChI=1S/C24H37N3O2/c1-19-16-25(17-20(2)29-19)18-21-10-14-26(15-11-21)23(22-8-4-3-5-9-22)24(28)27-12-6-7-13-27/h3-5,8-9,19-21,23H,6-7,10-18H2,1-2H3. The Kier molecular flexibility index (Phi) is 6.88. The number of amides is 1. The van der Waals surface area contributed by atoms with Gasteiger partial charge in [0.25, 0.3) is 0 Å². The van der Waals surface area contributed by atoms with Gasteiger partial charge in [0.05, 0.1) is 12.2 Å². The third-order valence-electron chi connectivity index (χ3n) is 6.79. The number of nitrogens with zero attached hydrogens (tertiary/aromatic N) is 3. The third-order valence-corrected chi connectivity index (χ3v) is 6.79. The minimum atomic E-state index is -0.112. The van der Waals surface area contributed by atoms with Crippen LogP contribution in [0.15, 0.2) is 30.3 Å². The van der Waals surface area contributed by atoms with Gasteiger partial charge < -0.3 is 9.64 Å². The van der Waals surface area contributed by atoms with Crippen molar-refractivity contribution < 1.29 is 9.53 Å². The third kappa shape index (κ3) is 5.19. The summed E-state index contributed by atoms with van der Waals surface area (Å²) in [5.41, 5.74) is 1.15. The fraction of sp³-hybridized carbons (Fsp3) is 0.708. The van der Waals surface area contributed by atoms with E-state index in [1.165, 1.54) is 19.4 Å². The Labute approximate surface area is 176 Å². The molecule has 0 spiro atoms. The highest BCUT2D eigenvalue weighted by Crippen LogP contribution is 2.30. The van der Waals surface area contributed by atoms with E-state index < -0.39 is 0 Å². The molecule has 0 N–H and O–H groups in total. The summed E-state index contributed by atoms with van der Waals surface area (Å²) >= 11 is 0. The molecular weight excluding hydrogens is 362 g/mol. The average molecular weight is 400 g/mol. The first-order valence-electron chi connectivity index (χ1n) is 11.6. The number of carbonyl (C=O) groups is 1. The summed E-state index contributed by atoms with van der Waals surface area (Å²) in [5, 5.41) is 0. The van der Waals surface area contributed by atoms with Crippen LogP contribution in [0.2, 0.25) is 0 Å². The Hall–Kier alpha value is -1.43. The van der Waals surface area contributed by atoms with E-state index in [4.69, 9.17) is 4.74 Å². The van der Waals surface area contributed by atoms with Gasteiger partial charge in [-0.2, -0.15) is 0 Å². The van der Waals surface area contributed by atoms with Crippen molar-refractivity contribution in [2.24, 2.45) is 5.92 Å². The molecule has 5 nitrogen and oxygen atoms in total. The van der Waals surface area contributed by atoms with Gasteiger partial charge in [0, 0.05) is 32.7 Å². The van der Waals surface area contributed by atoms with E-state index in [1.807, 2.05) is 6.07 Å². The Morgan fingerprint density at radius 1 is 1.00 bits per heavy atom. The van der Waals surface area contributed by atoms with Gasteiger partial charge in [0.15, 0.2) is 0 Å². The lowest BCUT2D eigenvalue weighted by Gasteiger charge is -2.41. The Morgan fingerprint density at radius 3 is 2.24 bits per heavy atom. The van der Waals surface area contributed by atoms with E-state index in [-0.39, 0.29) is 6.04 Å². The maximum atomic E-state index is 13.4. The largest absolute Gasteiger partial charge is 0.373 e. The average Bonchev–Trinajstić information content (AvgIpc) is 3.24. The number of ether oxygens (including phenoxy) is 1. The highest BCUT2D eigenvalue weighted by Gasteiger charge is 2.35. The van der Waals surface area contributed by atoms with Crippen LogP contribution in [0.5, 0.6) is 0 Å². The molecule has 3 aliphatic heterocycles. The van der Waals surface area contributed by atoms with Crippen LogP contribution in [0.25, 0.3) is 0 Å². The topological polar surface area (TPSA) is 36.0 Å². The van der Waals surface area contributed by atoms with Crippen molar-refractivity contribution in [2.45, 2.75) is 57.8 Å². The second-order valence-corrected chi connectivity index (χ2v) is 9.30. The second kappa shape index (κ2) is 9.59. The van der Waals surface area contributed by atoms with Gasteiger partial charge in [-0.25, -0.2) is 0 Å². The van der Waals surface area contributed by atoms with Gasteiger partial charge in [-0.3, -0.25) is 14.6 Å².